The van der Waals surface area contributed by atoms with Crippen LogP contribution in [0, 0.1) is 5.92 Å². The first kappa shape index (κ1) is 12.2. The molecular formula is C11H25NOSi. The van der Waals surface area contributed by atoms with Crippen LogP contribution in [0.25, 0.3) is 0 Å². The molecule has 14 heavy (non-hydrogen) atoms. The standard InChI is InChI=1S/C11H25NOSi/c1-5-9(2)11(12)14(4)8-6-7-10(3)13-14/h9-11H,5-8,12H2,1-4H3. The fourth-order valence-corrected chi connectivity index (χ4v) is 6.41. The first-order chi connectivity index (χ1) is 6.49. The van der Waals surface area contributed by atoms with Crippen molar-refractivity contribution in [2.24, 2.45) is 11.7 Å². The highest BCUT2D eigenvalue weighted by Crippen LogP contribution is 2.30. The van der Waals surface area contributed by atoms with Crippen molar-refractivity contribution in [2.75, 3.05) is 0 Å². The van der Waals surface area contributed by atoms with Gasteiger partial charge in [0.05, 0.1) is 0 Å². The fourth-order valence-electron chi connectivity index (χ4n) is 2.42. The summed E-state index contributed by atoms with van der Waals surface area (Å²) in [6.45, 7) is 8.98. The van der Waals surface area contributed by atoms with Gasteiger partial charge in [-0.25, -0.2) is 0 Å². The lowest BCUT2D eigenvalue weighted by atomic mass is 10.1. The highest BCUT2D eigenvalue weighted by Gasteiger charge is 2.41. The zero-order chi connectivity index (χ0) is 10.8. The van der Waals surface area contributed by atoms with E-state index in [0.29, 0.717) is 17.7 Å². The molecule has 4 atom stereocenters. The summed E-state index contributed by atoms with van der Waals surface area (Å²) in [6, 6.07) is 1.25. The number of hydrogen-bond acceptors (Lipinski definition) is 2. The lowest BCUT2D eigenvalue weighted by molar-refractivity contribution is 0.166. The summed E-state index contributed by atoms with van der Waals surface area (Å²) in [5.41, 5.74) is 6.65. The molecular weight excluding hydrogens is 190 g/mol. The zero-order valence-corrected chi connectivity index (χ0v) is 11.0. The Morgan fingerprint density at radius 3 is 2.71 bits per heavy atom. The van der Waals surface area contributed by atoms with Gasteiger partial charge in [-0.15, -0.1) is 0 Å². The van der Waals surface area contributed by atoms with Gasteiger partial charge in [-0.05, 0) is 31.9 Å². The van der Waals surface area contributed by atoms with Crippen LogP contribution >= 0.6 is 0 Å². The average molecular weight is 215 g/mol. The van der Waals surface area contributed by atoms with E-state index in [2.05, 4.69) is 27.3 Å². The number of rotatable bonds is 3. The van der Waals surface area contributed by atoms with Gasteiger partial charge in [0.2, 0.25) is 8.32 Å². The van der Waals surface area contributed by atoms with Gasteiger partial charge in [0.15, 0.2) is 0 Å². The van der Waals surface area contributed by atoms with Crippen molar-refractivity contribution in [1.29, 1.82) is 0 Å². The lowest BCUT2D eigenvalue weighted by Gasteiger charge is -2.41. The fraction of sp³-hybridized carbons (Fsp3) is 1.00. The van der Waals surface area contributed by atoms with Gasteiger partial charge in [-0.3, -0.25) is 0 Å². The Bertz CT molecular complexity index is 188. The molecule has 1 saturated heterocycles. The van der Waals surface area contributed by atoms with Crippen LogP contribution in [0.1, 0.15) is 40.0 Å². The molecule has 1 rings (SSSR count). The minimum atomic E-state index is -1.61. The quantitative estimate of drug-likeness (QED) is 0.735. The van der Waals surface area contributed by atoms with E-state index in [1.165, 1.54) is 25.3 Å². The first-order valence-corrected chi connectivity index (χ1v) is 8.62. The molecule has 1 aliphatic heterocycles. The molecule has 1 heterocycles. The molecule has 84 valence electrons. The van der Waals surface area contributed by atoms with E-state index >= 15 is 0 Å². The Hall–Kier alpha value is 0.137. The summed E-state index contributed by atoms with van der Waals surface area (Å²) in [4.78, 5) is 0. The Morgan fingerprint density at radius 1 is 1.57 bits per heavy atom. The zero-order valence-electron chi connectivity index (χ0n) is 10.0. The number of nitrogens with two attached hydrogens (primary N) is 1. The molecule has 2 N–H and O–H groups in total. The van der Waals surface area contributed by atoms with Gasteiger partial charge >= 0.3 is 0 Å². The third-order valence-corrected chi connectivity index (χ3v) is 7.98. The van der Waals surface area contributed by atoms with Crippen LogP contribution in [0.3, 0.4) is 0 Å². The van der Waals surface area contributed by atoms with Crippen molar-refractivity contribution in [3.05, 3.63) is 0 Å². The summed E-state index contributed by atoms with van der Waals surface area (Å²) in [5, 5.41) is 0. The molecule has 0 bridgehead atoms. The maximum Gasteiger partial charge on any atom is 0.206 e. The van der Waals surface area contributed by atoms with Crippen molar-refractivity contribution in [1.82, 2.24) is 0 Å². The van der Waals surface area contributed by atoms with Crippen molar-refractivity contribution >= 4 is 8.32 Å². The van der Waals surface area contributed by atoms with Crippen molar-refractivity contribution < 1.29 is 4.43 Å². The summed E-state index contributed by atoms with van der Waals surface area (Å²) >= 11 is 0. The largest absolute Gasteiger partial charge is 0.413 e. The molecule has 2 nitrogen and oxygen atoms in total. The molecule has 1 aliphatic rings. The molecule has 0 aromatic carbocycles. The van der Waals surface area contributed by atoms with Crippen LogP contribution in [0.5, 0.6) is 0 Å². The molecule has 4 unspecified atom stereocenters. The SMILES string of the molecule is CCC(C)C(N)[Si]1(C)CCCC(C)O1. The average Bonchev–Trinajstić information content (AvgIpc) is 2.15. The highest BCUT2D eigenvalue weighted by atomic mass is 28.4. The van der Waals surface area contributed by atoms with Gasteiger partial charge in [-0.2, -0.15) is 0 Å². The molecule has 0 amide bonds. The van der Waals surface area contributed by atoms with E-state index in [9.17, 15) is 0 Å². The summed E-state index contributed by atoms with van der Waals surface area (Å²) < 4.78 is 6.17. The topological polar surface area (TPSA) is 35.2 Å². The maximum atomic E-state index is 6.34. The van der Waals surface area contributed by atoms with Gasteiger partial charge in [0.25, 0.3) is 0 Å². The third kappa shape index (κ3) is 2.58. The Morgan fingerprint density at radius 2 is 2.21 bits per heavy atom. The molecule has 1 fully saturated rings. The van der Waals surface area contributed by atoms with E-state index in [1.54, 1.807) is 0 Å². The Labute approximate surface area is 89.3 Å². The van der Waals surface area contributed by atoms with E-state index in [-0.39, 0.29) is 0 Å². The molecule has 0 aromatic rings. The highest BCUT2D eigenvalue weighted by molar-refractivity contribution is 6.74. The van der Waals surface area contributed by atoms with Crippen LogP contribution in [0.15, 0.2) is 0 Å². The summed E-state index contributed by atoms with van der Waals surface area (Å²) in [5.74, 6) is 0.608. The van der Waals surface area contributed by atoms with Crippen LogP contribution in [-0.2, 0) is 4.43 Å². The van der Waals surface area contributed by atoms with Crippen LogP contribution < -0.4 is 5.73 Å². The summed E-state index contributed by atoms with van der Waals surface area (Å²) in [7, 11) is -1.61. The lowest BCUT2D eigenvalue weighted by Crippen LogP contribution is -2.58. The second kappa shape index (κ2) is 4.77. The van der Waals surface area contributed by atoms with Gasteiger partial charge < -0.3 is 10.2 Å². The van der Waals surface area contributed by atoms with E-state index in [4.69, 9.17) is 10.2 Å². The molecule has 0 saturated carbocycles. The van der Waals surface area contributed by atoms with Crippen LogP contribution in [0.4, 0.5) is 0 Å². The Kier molecular flexibility index (Phi) is 4.16. The predicted molar refractivity (Wildman–Crippen MR) is 63.6 cm³/mol. The normalized spacial score (nSPS) is 37.9. The van der Waals surface area contributed by atoms with Crippen LogP contribution in [0.2, 0.25) is 12.6 Å². The first-order valence-electron chi connectivity index (χ1n) is 5.93. The molecule has 3 heteroatoms. The molecule has 0 spiro atoms. The number of hydrogen-bond donors (Lipinski definition) is 1. The minimum absolute atomic E-state index is 0.315. The second-order valence-electron chi connectivity index (χ2n) is 5.04. The predicted octanol–water partition coefficient (Wildman–Crippen LogP) is 2.67. The second-order valence-corrected chi connectivity index (χ2v) is 9.07. The van der Waals surface area contributed by atoms with E-state index in [1.807, 2.05) is 0 Å². The van der Waals surface area contributed by atoms with Crippen molar-refractivity contribution in [3.8, 4) is 0 Å². The monoisotopic (exact) mass is 215 g/mol. The van der Waals surface area contributed by atoms with Crippen LogP contribution in [-0.4, -0.2) is 20.1 Å². The third-order valence-electron chi connectivity index (χ3n) is 3.72. The maximum absolute atomic E-state index is 6.34. The van der Waals surface area contributed by atoms with Crippen molar-refractivity contribution in [3.63, 3.8) is 0 Å². The smallest absolute Gasteiger partial charge is 0.206 e. The summed E-state index contributed by atoms with van der Waals surface area (Å²) in [6.07, 6.45) is 4.14. The Balaban J connectivity index is 2.62. The molecule has 0 aliphatic carbocycles. The van der Waals surface area contributed by atoms with Gasteiger partial charge in [0, 0.05) is 11.8 Å². The van der Waals surface area contributed by atoms with Gasteiger partial charge in [-0.1, -0.05) is 26.7 Å². The van der Waals surface area contributed by atoms with Gasteiger partial charge in [0.1, 0.15) is 0 Å². The van der Waals surface area contributed by atoms with E-state index < -0.39 is 8.32 Å². The van der Waals surface area contributed by atoms with E-state index in [0.717, 1.165) is 0 Å². The molecule has 0 radical (unpaired) electrons. The van der Waals surface area contributed by atoms with Crippen molar-refractivity contribution in [2.45, 2.75) is 64.4 Å². The molecule has 0 aromatic heterocycles. The minimum Gasteiger partial charge on any atom is -0.413 e.